The minimum absolute atomic E-state index is 0.869. The van der Waals surface area contributed by atoms with Crippen molar-refractivity contribution >= 4 is 22.5 Å². The smallest absolute Gasteiger partial charge is 0.150 e. The van der Waals surface area contributed by atoms with Gasteiger partial charge in [0, 0.05) is 43.6 Å². The van der Waals surface area contributed by atoms with Gasteiger partial charge in [0.1, 0.15) is 17.9 Å². The molecule has 1 aliphatic rings. The number of hydrogen-bond acceptors (Lipinski definition) is 5. The summed E-state index contributed by atoms with van der Waals surface area (Å²) in [6, 6.07) is 27.3. The molecule has 0 unspecified atom stereocenters. The highest BCUT2D eigenvalue weighted by Crippen LogP contribution is 2.37. The summed E-state index contributed by atoms with van der Waals surface area (Å²) < 4.78 is 7.80. The number of rotatable bonds is 5. The Morgan fingerprint density at radius 3 is 2.31 bits per heavy atom. The highest BCUT2D eigenvalue weighted by Gasteiger charge is 2.25. The van der Waals surface area contributed by atoms with Crippen LogP contribution >= 0.6 is 0 Å². The third-order valence-corrected chi connectivity index (χ3v) is 6.93. The molecule has 0 spiro atoms. The summed E-state index contributed by atoms with van der Waals surface area (Å²) in [7, 11) is 1.73. The Morgan fingerprint density at radius 2 is 1.53 bits per heavy atom. The molecule has 180 valence electrons. The van der Waals surface area contributed by atoms with Crippen LogP contribution in [0, 0.1) is 6.92 Å². The van der Waals surface area contributed by atoms with Crippen molar-refractivity contribution in [1.29, 1.82) is 0 Å². The van der Waals surface area contributed by atoms with Crippen LogP contribution in [0.2, 0.25) is 0 Å². The maximum atomic E-state index is 5.61. The number of nitrogens with zero attached hydrogens (tertiary/aromatic N) is 5. The quantitative estimate of drug-likeness (QED) is 0.325. The second-order valence-corrected chi connectivity index (χ2v) is 9.16. The van der Waals surface area contributed by atoms with Gasteiger partial charge in [-0.25, -0.2) is 9.97 Å². The van der Waals surface area contributed by atoms with Crippen LogP contribution in [-0.4, -0.2) is 47.8 Å². The maximum absolute atomic E-state index is 5.61. The van der Waals surface area contributed by atoms with Crippen molar-refractivity contribution in [2.24, 2.45) is 0 Å². The topological polar surface area (TPSA) is 46.4 Å². The van der Waals surface area contributed by atoms with E-state index in [1.165, 1.54) is 5.56 Å². The van der Waals surface area contributed by atoms with Crippen LogP contribution in [0.4, 0.5) is 11.5 Å². The molecular formula is C30H29N5O. The van der Waals surface area contributed by atoms with E-state index in [-0.39, 0.29) is 0 Å². The molecule has 5 aromatic rings. The van der Waals surface area contributed by atoms with Crippen molar-refractivity contribution in [3.05, 3.63) is 97.0 Å². The summed E-state index contributed by atoms with van der Waals surface area (Å²) in [5, 5.41) is 1.09. The number of benzene rings is 3. The van der Waals surface area contributed by atoms with Crippen LogP contribution in [0.25, 0.3) is 27.8 Å². The van der Waals surface area contributed by atoms with Crippen LogP contribution in [0.3, 0.4) is 0 Å². The van der Waals surface area contributed by atoms with Gasteiger partial charge in [-0.2, -0.15) is 0 Å². The summed E-state index contributed by atoms with van der Waals surface area (Å²) in [5.74, 6) is 1.90. The standard InChI is InChI=1S/C30H29N5O/c1-22-9-8-12-24(19-22)35-20-25(23-10-4-3-5-11-23)28-29(31-21-32-30(28)35)34-17-15-33(16-18-34)26-13-6-7-14-27(26)36-2/h3-14,19-21H,15-18H2,1-2H3. The molecule has 1 aliphatic heterocycles. The van der Waals surface area contributed by atoms with Crippen LogP contribution in [0.15, 0.2) is 91.4 Å². The van der Waals surface area contributed by atoms with Crippen LogP contribution in [0.5, 0.6) is 5.75 Å². The third-order valence-electron chi connectivity index (χ3n) is 6.93. The summed E-state index contributed by atoms with van der Waals surface area (Å²) in [4.78, 5) is 14.4. The van der Waals surface area contributed by atoms with Gasteiger partial charge in [-0.1, -0.05) is 54.6 Å². The van der Waals surface area contributed by atoms with Crippen molar-refractivity contribution in [3.8, 4) is 22.6 Å². The Labute approximate surface area is 211 Å². The number of aryl methyl sites for hydroxylation is 1. The minimum Gasteiger partial charge on any atom is -0.495 e. The molecule has 6 nitrogen and oxygen atoms in total. The monoisotopic (exact) mass is 475 g/mol. The average molecular weight is 476 g/mol. The molecule has 0 saturated carbocycles. The molecule has 3 heterocycles. The van der Waals surface area contributed by atoms with Gasteiger partial charge >= 0.3 is 0 Å². The van der Waals surface area contributed by atoms with E-state index in [1.807, 2.05) is 12.1 Å². The highest BCUT2D eigenvalue weighted by molar-refractivity contribution is 6.02. The Bertz CT molecular complexity index is 1500. The molecule has 6 heteroatoms. The molecule has 1 fully saturated rings. The summed E-state index contributed by atoms with van der Waals surface area (Å²) in [5.41, 5.74) is 6.71. The fourth-order valence-electron chi connectivity index (χ4n) is 5.15. The fraction of sp³-hybridized carbons (Fsp3) is 0.200. The second kappa shape index (κ2) is 9.38. The zero-order valence-electron chi connectivity index (χ0n) is 20.6. The summed E-state index contributed by atoms with van der Waals surface area (Å²) in [6.45, 7) is 5.65. The van der Waals surface area contributed by atoms with Crippen molar-refractivity contribution in [2.75, 3.05) is 43.1 Å². The van der Waals surface area contributed by atoms with Crippen molar-refractivity contribution < 1.29 is 4.74 Å². The number of hydrogen-bond donors (Lipinski definition) is 0. The van der Waals surface area contributed by atoms with Gasteiger partial charge < -0.3 is 19.1 Å². The van der Waals surface area contributed by atoms with Crippen molar-refractivity contribution in [3.63, 3.8) is 0 Å². The highest BCUT2D eigenvalue weighted by atomic mass is 16.5. The molecule has 0 bridgehead atoms. The molecule has 2 aromatic heterocycles. The second-order valence-electron chi connectivity index (χ2n) is 9.16. The lowest BCUT2D eigenvalue weighted by atomic mass is 10.1. The third kappa shape index (κ3) is 3.94. The van der Waals surface area contributed by atoms with Gasteiger partial charge in [0.05, 0.1) is 18.2 Å². The number of aromatic nitrogens is 3. The zero-order valence-corrected chi connectivity index (χ0v) is 20.6. The lowest BCUT2D eigenvalue weighted by molar-refractivity contribution is 0.413. The van der Waals surface area contributed by atoms with E-state index in [0.29, 0.717) is 0 Å². The Hall–Kier alpha value is -4.32. The molecule has 1 saturated heterocycles. The number of methoxy groups -OCH3 is 1. The van der Waals surface area contributed by atoms with Gasteiger partial charge in [-0.15, -0.1) is 0 Å². The van der Waals surface area contributed by atoms with Crippen molar-refractivity contribution in [1.82, 2.24) is 14.5 Å². The molecule has 0 atom stereocenters. The first-order valence-corrected chi connectivity index (χ1v) is 12.3. The number of para-hydroxylation sites is 2. The Balaban J connectivity index is 1.42. The van der Waals surface area contributed by atoms with Crippen molar-refractivity contribution in [2.45, 2.75) is 6.92 Å². The molecular weight excluding hydrogens is 446 g/mol. The zero-order chi connectivity index (χ0) is 24.5. The predicted octanol–water partition coefficient (Wildman–Crippen LogP) is 5.73. The molecule has 0 radical (unpaired) electrons. The van der Waals surface area contributed by atoms with E-state index in [0.717, 1.165) is 71.3 Å². The van der Waals surface area contributed by atoms with Gasteiger partial charge in [-0.3, -0.25) is 0 Å². The largest absolute Gasteiger partial charge is 0.495 e. The normalized spacial score (nSPS) is 13.8. The molecule has 36 heavy (non-hydrogen) atoms. The minimum atomic E-state index is 0.869. The van der Waals surface area contributed by atoms with Crippen LogP contribution < -0.4 is 14.5 Å². The molecule has 0 aliphatic carbocycles. The summed E-state index contributed by atoms with van der Waals surface area (Å²) in [6.07, 6.45) is 3.91. The van der Waals surface area contributed by atoms with E-state index >= 15 is 0 Å². The lowest BCUT2D eigenvalue weighted by Crippen LogP contribution is -2.47. The van der Waals surface area contributed by atoms with E-state index in [1.54, 1.807) is 13.4 Å². The molecule has 0 amide bonds. The molecule has 3 aromatic carbocycles. The molecule has 6 rings (SSSR count). The molecule has 0 N–H and O–H groups in total. The van der Waals surface area contributed by atoms with E-state index in [4.69, 9.17) is 14.7 Å². The van der Waals surface area contributed by atoms with E-state index in [2.05, 4.69) is 94.2 Å². The fourth-order valence-corrected chi connectivity index (χ4v) is 5.15. The number of fused-ring (bicyclic) bond motifs is 1. The maximum Gasteiger partial charge on any atom is 0.150 e. The first-order valence-electron chi connectivity index (χ1n) is 12.3. The first-order chi connectivity index (χ1) is 17.7. The SMILES string of the molecule is COc1ccccc1N1CCN(c2ncnc3c2c(-c2ccccc2)cn3-c2cccc(C)c2)CC1. The van der Waals surface area contributed by atoms with Gasteiger partial charge in [0.2, 0.25) is 0 Å². The average Bonchev–Trinajstić information content (AvgIpc) is 3.34. The lowest BCUT2D eigenvalue weighted by Gasteiger charge is -2.37. The van der Waals surface area contributed by atoms with E-state index < -0.39 is 0 Å². The predicted molar refractivity (Wildman–Crippen MR) is 146 cm³/mol. The summed E-state index contributed by atoms with van der Waals surface area (Å²) >= 11 is 0. The first kappa shape index (κ1) is 22.2. The van der Waals surface area contributed by atoms with Gasteiger partial charge in [0.15, 0.2) is 5.65 Å². The Morgan fingerprint density at radius 1 is 0.778 bits per heavy atom. The van der Waals surface area contributed by atoms with Gasteiger partial charge in [0.25, 0.3) is 0 Å². The number of piperazine rings is 1. The number of anilines is 2. The van der Waals surface area contributed by atoms with Crippen LogP contribution in [0.1, 0.15) is 5.56 Å². The number of ether oxygens (including phenoxy) is 1. The van der Waals surface area contributed by atoms with Gasteiger partial charge in [-0.05, 0) is 42.3 Å². The van der Waals surface area contributed by atoms with Crippen LogP contribution in [-0.2, 0) is 0 Å². The van der Waals surface area contributed by atoms with E-state index in [9.17, 15) is 0 Å². The Kier molecular flexibility index (Phi) is 5.77.